The van der Waals surface area contributed by atoms with Gasteiger partial charge in [-0.3, -0.25) is 14.7 Å². The highest BCUT2D eigenvalue weighted by molar-refractivity contribution is 5.81. The number of carboxylic acid groups (broad SMARTS) is 2. The molecule has 0 radical (unpaired) electrons. The molecule has 4 rings (SSSR count). The Bertz CT molecular complexity index is 1080. The number of carboxylic acids is 2. The molecule has 3 heterocycles. The quantitative estimate of drug-likeness (QED) is 0.541. The lowest BCUT2D eigenvalue weighted by Gasteiger charge is -2.27. The number of aromatic nitrogens is 3. The topological polar surface area (TPSA) is 129 Å². The van der Waals surface area contributed by atoms with E-state index in [4.69, 9.17) is 24.8 Å². The summed E-state index contributed by atoms with van der Waals surface area (Å²) < 4.78 is 65.7. The first-order valence-electron chi connectivity index (χ1n) is 11.1. The van der Waals surface area contributed by atoms with Crippen molar-refractivity contribution in [3.63, 3.8) is 0 Å². The van der Waals surface area contributed by atoms with Crippen LogP contribution in [0.4, 0.5) is 26.3 Å². The van der Waals surface area contributed by atoms with Gasteiger partial charge in [0.25, 0.3) is 0 Å². The Labute approximate surface area is 212 Å². The molecule has 1 amide bonds. The number of amides is 1. The summed E-state index contributed by atoms with van der Waals surface area (Å²) in [6.45, 7) is 3.96. The number of halogens is 6. The van der Waals surface area contributed by atoms with E-state index in [1.807, 2.05) is 17.2 Å². The molecule has 2 aromatic heterocycles. The van der Waals surface area contributed by atoms with E-state index in [1.165, 1.54) is 5.56 Å². The van der Waals surface area contributed by atoms with E-state index in [0.29, 0.717) is 12.5 Å². The minimum absolute atomic E-state index is 0.289. The minimum Gasteiger partial charge on any atom is -0.475 e. The first-order valence-corrected chi connectivity index (χ1v) is 11.1. The summed E-state index contributed by atoms with van der Waals surface area (Å²) in [7, 11) is 2.09. The van der Waals surface area contributed by atoms with Crippen LogP contribution in [-0.2, 0) is 40.6 Å². The van der Waals surface area contributed by atoms with Gasteiger partial charge in [0.1, 0.15) is 5.82 Å². The minimum atomic E-state index is -5.08. The fraction of sp³-hybridized carbons (Fsp3) is 0.500. The Balaban J connectivity index is 0.000000301. The SMILES string of the molecule is CN(Cc1cccnc1)Cc1cn2c(n1)CN(C(=O)C1CC1)CC2.O=C(O)C(F)(F)F.O=C(O)C(F)(F)F. The van der Waals surface area contributed by atoms with Gasteiger partial charge in [-0.2, -0.15) is 26.3 Å². The second kappa shape index (κ2) is 12.7. The van der Waals surface area contributed by atoms with Crippen LogP contribution in [0.5, 0.6) is 0 Å². The molecule has 2 aromatic rings. The van der Waals surface area contributed by atoms with Gasteiger partial charge in [0.05, 0.1) is 12.2 Å². The van der Waals surface area contributed by atoms with Crippen molar-refractivity contribution in [2.75, 3.05) is 13.6 Å². The molecule has 0 spiro atoms. The van der Waals surface area contributed by atoms with E-state index >= 15 is 0 Å². The second-order valence-corrected chi connectivity index (χ2v) is 8.52. The van der Waals surface area contributed by atoms with Crippen molar-refractivity contribution >= 4 is 17.8 Å². The highest BCUT2D eigenvalue weighted by Gasteiger charge is 2.39. The normalized spacial score (nSPS) is 15.0. The number of imidazole rings is 1. The van der Waals surface area contributed by atoms with Crippen molar-refractivity contribution in [3.05, 3.63) is 47.8 Å². The molecule has 0 atom stereocenters. The molecule has 0 aromatic carbocycles. The van der Waals surface area contributed by atoms with Gasteiger partial charge in [-0.25, -0.2) is 14.6 Å². The van der Waals surface area contributed by atoms with Gasteiger partial charge in [-0.15, -0.1) is 0 Å². The number of nitrogens with zero attached hydrogens (tertiary/aromatic N) is 5. The summed E-state index contributed by atoms with van der Waals surface area (Å²) in [6, 6.07) is 4.05. The fourth-order valence-electron chi connectivity index (χ4n) is 3.30. The molecule has 1 fully saturated rings. The molecule has 0 bridgehead atoms. The van der Waals surface area contributed by atoms with Gasteiger partial charge in [0, 0.05) is 50.7 Å². The third-order valence-corrected chi connectivity index (χ3v) is 5.18. The highest BCUT2D eigenvalue weighted by Crippen LogP contribution is 2.32. The Hall–Kier alpha value is -3.69. The molecule has 1 aliphatic carbocycles. The van der Waals surface area contributed by atoms with Gasteiger partial charge in [0.2, 0.25) is 5.91 Å². The maximum atomic E-state index is 12.2. The van der Waals surface area contributed by atoms with Crippen molar-refractivity contribution in [2.24, 2.45) is 5.92 Å². The van der Waals surface area contributed by atoms with Gasteiger partial charge < -0.3 is 19.7 Å². The van der Waals surface area contributed by atoms with Crippen molar-refractivity contribution in [1.29, 1.82) is 0 Å². The molecule has 0 saturated heterocycles. The Kier molecular flexibility index (Phi) is 10.2. The first kappa shape index (κ1) is 30.5. The molecular weight excluding hydrogens is 528 g/mol. The van der Waals surface area contributed by atoms with E-state index < -0.39 is 24.3 Å². The molecule has 16 heteroatoms. The van der Waals surface area contributed by atoms with E-state index in [9.17, 15) is 31.1 Å². The van der Waals surface area contributed by atoms with E-state index in [-0.39, 0.29) is 5.92 Å². The number of carbonyl (C=O) groups excluding carboxylic acids is 1. The van der Waals surface area contributed by atoms with Crippen molar-refractivity contribution in [3.8, 4) is 0 Å². The van der Waals surface area contributed by atoms with Crippen LogP contribution in [0.25, 0.3) is 0 Å². The zero-order valence-electron chi connectivity index (χ0n) is 20.0. The third kappa shape index (κ3) is 9.99. The Morgan fingerprint density at radius 1 is 1.03 bits per heavy atom. The summed E-state index contributed by atoms with van der Waals surface area (Å²) in [6.07, 6.45) is -2.21. The molecule has 1 aliphatic heterocycles. The smallest absolute Gasteiger partial charge is 0.475 e. The van der Waals surface area contributed by atoms with Crippen LogP contribution >= 0.6 is 0 Å². The molecule has 1 saturated carbocycles. The van der Waals surface area contributed by atoms with Crippen molar-refractivity contribution < 1.29 is 50.9 Å². The predicted molar refractivity (Wildman–Crippen MR) is 117 cm³/mol. The first-order chi connectivity index (χ1) is 17.6. The number of fused-ring (bicyclic) bond motifs is 1. The summed E-state index contributed by atoms with van der Waals surface area (Å²) in [4.78, 5) is 43.1. The van der Waals surface area contributed by atoms with E-state index in [1.54, 1.807) is 6.20 Å². The molecule has 38 heavy (non-hydrogen) atoms. The van der Waals surface area contributed by atoms with E-state index in [2.05, 4.69) is 33.8 Å². The maximum absolute atomic E-state index is 12.2. The number of pyridine rings is 1. The summed E-state index contributed by atoms with van der Waals surface area (Å²) in [5.41, 5.74) is 2.27. The van der Waals surface area contributed by atoms with Crippen LogP contribution in [0.15, 0.2) is 30.7 Å². The highest BCUT2D eigenvalue weighted by atomic mass is 19.4. The molecule has 2 aliphatic rings. The average Bonchev–Trinajstić information content (AvgIpc) is 3.58. The fourth-order valence-corrected chi connectivity index (χ4v) is 3.30. The van der Waals surface area contributed by atoms with Gasteiger partial charge in [0.15, 0.2) is 0 Å². The second-order valence-electron chi connectivity index (χ2n) is 8.52. The van der Waals surface area contributed by atoms with Crippen molar-refractivity contribution in [2.45, 2.75) is 51.4 Å². The van der Waals surface area contributed by atoms with Gasteiger partial charge >= 0.3 is 24.3 Å². The monoisotopic (exact) mass is 553 g/mol. The van der Waals surface area contributed by atoms with Crippen LogP contribution < -0.4 is 0 Å². The molecule has 0 unspecified atom stereocenters. The standard InChI is InChI=1S/C18H23N5O.2C2HF3O2/c1-21(10-14-3-2-6-19-9-14)11-16-12-22-7-8-23(13-17(22)20-16)18(24)15-4-5-15;2*3-2(4,5)1(6)7/h2-3,6,9,12,15H,4-5,7-8,10-11,13H2,1H3;2*(H,6,7). The third-order valence-electron chi connectivity index (χ3n) is 5.18. The molecule has 210 valence electrons. The number of aliphatic carboxylic acids is 2. The number of hydrogen-bond acceptors (Lipinski definition) is 6. The predicted octanol–water partition coefficient (Wildman–Crippen LogP) is 2.93. The maximum Gasteiger partial charge on any atom is 0.490 e. The van der Waals surface area contributed by atoms with Gasteiger partial charge in [-0.1, -0.05) is 6.07 Å². The Morgan fingerprint density at radius 2 is 1.61 bits per heavy atom. The van der Waals surface area contributed by atoms with Crippen LogP contribution in [0.2, 0.25) is 0 Å². The molecular formula is C22H25F6N5O5. The van der Waals surface area contributed by atoms with Crippen LogP contribution in [0.3, 0.4) is 0 Å². The lowest BCUT2D eigenvalue weighted by molar-refractivity contribution is -0.193. The molecule has 10 nitrogen and oxygen atoms in total. The Morgan fingerprint density at radius 3 is 2.08 bits per heavy atom. The summed E-state index contributed by atoms with van der Waals surface area (Å²) >= 11 is 0. The van der Waals surface area contributed by atoms with Crippen LogP contribution in [-0.4, -0.2) is 78.3 Å². The number of alkyl halides is 6. The van der Waals surface area contributed by atoms with Gasteiger partial charge in [-0.05, 0) is 31.5 Å². The van der Waals surface area contributed by atoms with Crippen molar-refractivity contribution in [1.82, 2.24) is 24.3 Å². The molecule has 2 N–H and O–H groups in total. The lowest BCUT2D eigenvalue weighted by Crippen LogP contribution is -2.39. The average molecular weight is 553 g/mol. The largest absolute Gasteiger partial charge is 0.490 e. The number of hydrogen-bond donors (Lipinski definition) is 2. The van der Waals surface area contributed by atoms with Crippen LogP contribution in [0, 0.1) is 5.92 Å². The number of carbonyl (C=O) groups is 3. The zero-order chi connectivity index (χ0) is 28.7. The lowest BCUT2D eigenvalue weighted by atomic mass is 10.2. The summed E-state index contributed by atoms with van der Waals surface area (Å²) in [5, 5.41) is 14.2. The summed E-state index contributed by atoms with van der Waals surface area (Å²) in [5.74, 6) is -3.89. The van der Waals surface area contributed by atoms with E-state index in [0.717, 1.165) is 50.5 Å². The zero-order valence-corrected chi connectivity index (χ0v) is 20.0. The van der Waals surface area contributed by atoms with Crippen LogP contribution in [0.1, 0.15) is 29.9 Å². The number of rotatable bonds is 5.